The summed E-state index contributed by atoms with van der Waals surface area (Å²) >= 11 is 5.71. The van der Waals surface area contributed by atoms with Gasteiger partial charge in [0, 0.05) is 6.20 Å². The molecule has 0 amide bonds. The van der Waals surface area contributed by atoms with Gasteiger partial charge < -0.3 is 10.5 Å². The van der Waals surface area contributed by atoms with Crippen molar-refractivity contribution in [3.8, 4) is 0 Å². The first-order chi connectivity index (χ1) is 6.13. The number of aromatic nitrogens is 2. The molecule has 0 fully saturated rings. The Morgan fingerprint density at radius 1 is 1.77 bits per heavy atom. The van der Waals surface area contributed by atoms with E-state index in [1.54, 1.807) is 10.9 Å². The number of nitrogens with two attached hydrogens (primary N) is 1. The van der Waals surface area contributed by atoms with Crippen molar-refractivity contribution >= 4 is 17.4 Å². The topological polar surface area (TPSA) is 53.1 Å². The van der Waals surface area contributed by atoms with Crippen molar-refractivity contribution in [1.82, 2.24) is 9.78 Å². The monoisotopic (exact) mass is 203 g/mol. The summed E-state index contributed by atoms with van der Waals surface area (Å²) in [7, 11) is 0. The van der Waals surface area contributed by atoms with Gasteiger partial charge in [-0.25, -0.2) is 4.68 Å². The highest BCUT2D eigenvalue weighted by atomic mass is 35.5. The number of anilines is 1. The molecule has 1 atom stereocenters. The molecule has 5 heteroatoms. The number of hydrogen-bond donors (Lipinski definition) is 1. The molecular weight excluding hydrogens is 190 g/mol. The van der Waals surface area contributed by atoms with E-state index >= 15 is 0 Å². The molecule has 0 spiro atoms. The molecule has 0 aliphatic rings. The van der Waals surface area contributed by atoms with Gasteiger partial charge in [0.15, 0.2) is 5.82 Å². The van der Waals surface area contributed by atoms with Gasteiger partial charge in [0.1, 0.15) is 11.8 Å². The van der Waals surface area contributed by atoms with Crippen LogP contribution in [0.3, 0.4) is 0 Å². The minimum absolute atomic E-state index is 0.226. The summed E-state index contributed by atoms with van der Waals surface area (Å²) in [6.07, 6.45) is 2.85. The highest BCUT2D eigenvalue weighted by molar-refractivity contribution is 6.32. The summed E-state index contributed by atoms with van der Waals surface area (Å²) < 4.78 is 7.02. The van der Waals surface area contributed by atoms with Gasteiger partial charge in [-0.05, 0) is 13.3 Å². The van der Waals surface area contributed by atoms with Gasteiger partial charge in [0.25, 0.3) is 0 Å². The van der Waals surface area contributed by atoms with Crippen molar-refractivity contribution < 1.29 is 4.74 Å². The molecule has 1 aromatic rings. The second-order valence-corrected chi connectivity index (χ2v) is 3.32. The first kappa shape index (κ1) is 10.3. The third kappa shape index (κ3) is 2.90. The molecule has 0 aliphatic heterocycles. The van der Waals surface area contributed by atoms with E-state index in [9.17, 15) is 0 Å². The van der Waals surface area contributed by atoms with E-state index in [1.165, 1.54) is 0 Å². The van der Waals surface area contributed by atoms with Gasteiger partial charge in [-0.2, -0.15) is 5.10 Å². The van der Waals surface area contributed by atoms with E-state index in [4.69, 9.17) is 22.1 Å². The van der Waals surface area contributed by atoms with Crippen LogP contribution < -0.4 is 5.73 Å². The summed E-state index contributed by atoms with van der Waals surface area (Å²) in [5, 5.41) is 4.42. The van der Waals surface area contributed by atoms with Crippen molar-refractivity contribution in [2.24, 2.45) is 0 Å². The summed E-state index contributed by atoms with van der Waals surface area (Å²) in [6, 6.07) is 0. The van der Waals surface area contributed by atoms with Crippen molar-refractivity contribution in [1.29, 1.82) is 0 Å². The van der Waals surface area contributed by atoms with Crippen LogP contribution in [0.4, 0.5) is 5.82 Å². The van der Waals surface area contributed by atoms with Crippen molar-refractivity contribution in [3.63, 3.8) is 0 Å². The summed E-state index contributed by atoms with van der Waals surface area (Å²) in [5.74, 6) is 0.342. The van der Waals surface area contributed by atoms with Crippen LogP contribution in [0.1, 0.15) is 20.3 Å². The van der Waals surface area contributed by atoms with Crippen molar-refractivity contribution in [2.45, 2.75) is 33.1 Å². The zero-order chi connectivity index (χ0) is 9.84. The SMILES string of the molecule is CCC(C)OCn1cc(Cl)c(N)n1. The molecule has 1 heterocycles. The first-order valence-electron chi connectivity index (χ1n) is 4.23. The lowest BCUT2D eigenvalue weighted by Gasteiger charge is -2.09. The van der Waals surface area contributed by atoms with Crippen LogP contribution in [0.15, 0.2) is 6.20 Å². The number of nitrogens with zero attached hydrogens (tertiary/aromatic N) is 2. The quantitative estimate of drug-likeness (QED) is 0.813. The molecule has 1 unspecified atom stereocenters. The van der Waals surface area contributed by atoms with Gasteiger partial charge in [-0.3, -0.25) is 0 Å². The molecule has 0 radical (unpaired) electrons. The third-order valence-electron chi connectivity index (χ3n) is 1.81. The van der Waals surface area contributed by atoms with Crippen LogP contribution in [0, 0.1) is 0 Å². The van der Waals surface area contributed by atoms with Gasteiger partial charge in [-0.15, -0.1) is 0 Å². The Morgan fingerprint density at radius 3 is 2.92 bits per heavy atom. The molecule has 13 heavy (non-hydrogen) atoms. The van der Waals surface area contributed by atoms with Crippen LogP contribution in [-0.2, 0) is 11.5 Å². The standard InChI is InChI=1S/C8H14ClN3O/c1-3-6(2)13-5-12-4-7(9)8(10)11-12/h4,6H,3,5H2,1-2H3,(H2,10,11). The smallest absolute Gasteiger partial charge is 0.164 e. The molecule has 4 nitrogen and oxygen atoms in total. The van der Waals surface area contributed by atoms with Gasteiger partial charge in [-0.1, -0.05) is 18.5 Å². The highest BCUT2D eigenvalue weighted by Gasteiger charge is 2.03. The number of nitrogen functional groups attached to an aromatic ring is 1. The minimum atomic E-state index is 0.226. The Kier molecular flexibility index (Phi) is 3.57. The van der Waals surface area contributed by atoms with Gasteiger partial charge in [0.05, 0.1) is 6.10 Å². The zero-order valence-corrected chi connectivity index (χ0v) is 8.58. The van der Waals surface area contributed by atoms with E-state index in [0.29, 0.717) is 17.6 Å². The lowest BCUT2D eigenvalue weighted by Crippen LogP contribution is -2.11. The fourth-order valence-electron chi connectivity index (χ4n) is 0.800. The Labute approximate surface area is 82.6 Å². The average molecular weight is 204 g/mol. The van der Waals surface area contributed by atoms with E-state index in [-0.39, 0.29) is 6.10 Å². The average Bonchev–Trinajstić information content (AvgIpc) is 2.42. The van der Waals surface area contributed by atoms with E-state index < -0.39 is 0 Å². The predicted octanol–water partition coefficient (Wildman–Crippen LogP) is 1.89. The normalized spacial score (nSPS) is 13.2. The summed E-state index contributed by atoms with van der Waals surface area (Å²) in [6.45, 7) is 4.47. The third-order valence-corrected chi connectivity index (χ3v) is 2.10. The first-order valence-corrected chi connectivity index (χ1v) is 4.61. The Bertz CT molecular complexity index is 255. The molecule has 0 saturated carbocycles. The second-order valence-electron chi connectivity index (χ2n) is 2.92. The van der Waals surface area contributed by atoms with Crippen LogP contribution in [0.5, 0.6) is 0 Å². The molecule has 1 rings (SSSR count). The number of hydrogen-bond acceptors (Lipinski definition) is 3. The van der Waals surface area contributed by atoms with Crippen LogP contribution in [-0.4, -0.2) is 15.9 Å². The maximum absolute atomic E-state index is 5.71. The predicted molar refractivity (Wildman–Crippen MR) is 52.5 cm³/mol. The maximum atomic E-state index is 5.71. The molecular formula is C8H14ClN3O. The second kappa shape index (κ2) is 4.48. The Balaban J connectivity index is 2.45. The molecule has 0 bridgehead atoms. The van der Waals surface area contributed by atoms with Crippen LogP contribution >= 0.6 is 11.6 Å². The number of rotatable bonds is 4. The zero-order valence-electron chi connectivity index (χ0n) is 7.83. The van der Waals surface area contributed by atoms with Gasteiger partial charge in [0.2, 0.25) is 0 Å². The summed E-state index contributed by atoms with van der Waals surface area (Å²) in [4.78, 5) is 0. The van der Waals surface area contributed by atoms with Gasteiger partial charge >= 0.3 is 0 Å². The molecule has 74 valence electrons. The molecule has 1 aromatic heterocycles. The molecule has 0 aliphatic carbocycles. The fourth-order valence-corrected chi connectivity index (χ4v) is 0.950. The highest BCUT2D eigenvalue weighted by Crippen LogP contribution is 2.15. The fraction of sp³-hybridized carbons (Fsp3) is 0.625. The Hall–Kier alpha value is -0.740. The lowest BCUT2D eigenvalue weighted by molar-refractivity contribution is 0.0100. The summed E-state index contributed by atoms with van der Waals surface area (Å²) in [5.41, 5.74) is 5.46. The van der Waals surface area contributed by atoms with Crippen molar-refractivity contribution in [2.75, 3.05) is 5.73 Å². The van der Waals surface area contributed by atoms with Crippen molar-refractivity contribution in [3.05, 3.63) is 11.2 Å². The van der Waals surface area contributed by atoms with Crippen LogP contribution in [0.25, 0.3) is 0 Å². The maximum Gasteiger partial charge on any atom is 0.164 e. The molecule has 0 saturated heterocycles. The largest absolute Gasteiger partial charge is 0.381 e. The van der Waals surface area contributed by atoms with Crippen LogP contribution in [0.2, 0.25) is 5.02 Å². The van der Waals surface area contributed by atoms with E-state index in [0.717, 1.165) is 6.42 Å². The number of halogens is 1. The minimum Gasteiger partial charge on any atom is -0.381 e. The Morgan fingerprint density at radius 2 is 2.46 bits per heavy atom. The molecule has 0 aromatic carbocycles. The lowest BCUT2D eigenvalue weighted by atomic mass is 10.3. The number of ether oxygens (including phenoxy) is 1. The van der Waals surface area contributed by atoms with E-state index in [2.05, 4.69) is 12.0 Å². The molecule has 2 N–H and O–H groups in total. The van der Waals surface area contributed by atoms with E-state index in [1.807, 2.05) is 6.92 Å².